The predicted molar refractivity (Wildman–Crippen MR) is 124 cm³/mol. The summed E-state index contributed by atoms with van der Waals surface area (Å²) in [6.07, 6.45) is 29.1. The first-order valence-electron chi connectivity index (χ1n) is 12.8. The van der Waals surface area contributed by atoms with Crippen LogP contribution >= 0.6 is 0 Å². The quantitative estimate of drug-likeness (QED) is 0.126. The van der Waals surface area contributed by atoms with E-state index in [2.05, 4.69) is 6.92 Å². The topological polar surface area (TPSA) is 50.1 Å². The third-order valence-electron chi connectivity index (χ3n) is 5.78. The molecule has 0 aliphatic heterocycles. The number of carbonyl (C=O) groups is 1. The van der Waals surface area contributed by atoms with Gasteiger partial charge in [0.25, 0.3) is 0 Å². The van der Waals surface area contributed by atoms with E-state index in [9.17, 15) is 4.79 Å². The highest BCUT2D eigenvalue weighted by Crippen LogP contribution is 2.15. The molecule has 0 saturated carbocycles. The third kappa shape index (κ3) is 24.9. The fraction of sp³-hybridized carbons (Fsp3) is 0.923. The molecule has 0 aliphatic rings. The van der Waals surface area contributed by atoms with Crippen LogP contribution in [-0.4, -0.2) is 12.6 Å². The number of carbonyl (C=O) groups excluding carboxylic acids is 1. The molecule has 0 unspecified atom stereocenters. The molecule has 0 bridgehead atoms. The molecule has 0 aliphatic carbocycles. The summed E-state index contributed by atoms with van der Waals surface area (Å²) in [4.78, 5) is 11.2. The number of hydrogen-bond acceptors (Lipinski definition) is 3. The van der Waals surface area contributed by atoms with Crippen molar-refractivity contribution in [3.63, 3.8) is 0 Å². The lowest BCUT2D eigenvalue weighted by molar-refractivity contribution is -0.142. The molecule has 0 atom stereocenters. The number of ether oxygens (including phenoxy) is 1. The summed E-state index contributed by atoms with van der Waals surface area (Å²) in [5.74, 6) is -0.232. The van der Waals surface area contributed by atoms with E-state index in [1.54, 1.807) is 0 Å². The lowest BCUT2D eigenvalue weighted by Crippen LogP contribution is -2.03. The first kappa shape index (κ1) is 28.0. The lowest BCUT2D eigenvalue weighted by Gasteiger charge is -2.04. The van der Waals surface area contributed by atoms with Gasteiger partial charge in [-0.3, -0.25) is 4.79 Å². The highest BCUT2D eigenvalue weighted by Gasteiger charge is 2.01. The summed E-state index contributed by atoms with van der Waals surface area (Å²) in [6.45, 7) is 2.17. The zero-order chi connectivity index (χ0) is 21.3. The van der Waals surface area contributed by atoms with Crippen molar-refractivity contribution in [1.29, 1.82) is 5.26 Å². The summed E-state index contributed by atoms with van der Waals surface area (Å²) in [5, 5.41) is 8.33. The Labute approximate surface area is 182 Å². The van der Waals surface area contributed by atoms with E-state index in [4.69, 9.17) is 10.00 Å². The first-order chi connectivity index (χ1) is 14.3. The molecule has 0 heterocycles. The van der Waals surface area contributed by atoms with Crippen molar-refractivity contribution in [1.82, 2.24) is 0 Å². The van der Waals surface area contributed by atoms with Crippen molar-refractivity contribution in [3.05, 3.63) is 0 Å². The van der Waals surface area contributed by atoms with Gasteiger partial charge in [-0.15, -0.1) is 0 Å². The molecule has 0 spiro atoms. The lowest BCUT2D eigenvalue weighted by atomic mass is 10.0. The van der Waals surface area contributed by atoms with Crippen LogP contribution < -0.4 is 0 Å². The smallest absolute Gasteiger partial charge is 0.306 e. The summed E-state index contributed by atoms with van der Waals surface area (Å²) in [5.41, 5.74) is 0. The Morgan fingerprint density at radius 1 is 0.586 bits per heavy atom. The molecule has 0 aromatic rings. The molecule has 0 aromatic heterocycles. The van der Waals surface area contributed by atoms with Gasteiger partial charge in [-0.25, -0.2) is 0 Å². The standard InChI is InChI=1S/C26H49NO2/c1-2-3-4-5-6-7-8-9-10-11-12-13-14-15-16-17-18-19-20-21-22-23-26(28)29-25-24-27/h2-23,25H2,1H3. The van der Waals surface area contributed by atoms with Crippen LogP contribution in [-0.2, 0) is 9.53 Å². The van der Waals surface area contributed by atoms with E-state index in [1.807, 2.05) is 6.07 Å². The maximum atomic E-state index is 11.2. The van der Waals surface area contributed by atoms with Crippen molar-refractivity contribution in [3.8, 4) is 6.07 Å². The number of rotatable bonds is 23. The Bertz CT molecular complexity index is 375. The molecule has 3 nitrogen and oxygen atoms in total. The van der Waals surface area contributed by atoms with Crippen LogP contribution in [0.2, 0.25) is 0 Å². The SMILES string of the molecule is CCCCCCCCCCCCCCCCCCCCCCCC(=O)OCC#N. The van der Waals surface area contributed by atoms with Gasteiger partial charge < -0.3 is 4.74 Å². The van der Waals surface area contributed by atoms with E-state index in [0.717, 1.165) is 12.8 Å². The molecule has 0 aromatic carbocycles. The summed E-state index contributed by atoms with van der Waals surface area (Å²) >= 11 is 0. The molecule has 0 saturated heterocycles. The van der Waals surface area contributed by atoms with Gasteiger partial charge in [0.1, 0.15) is 6.07 Å². The highest BCUT2D eigenvalue weighted by atomic mass is 16.5. The Balaban J connectivity index is 3.05. The van der Waals surface area contributed by atoms with E-state index in [0.29, 0.717) is 6.42 Å². The Hall–Kier alpha value is -1.04. The average Bonchev–Trinajstić information content (AvgIpc) is 2.73. The van der Waals surface area contributed by atoms with Crippen molar-refractivity contribution in [2.24, 2.45) is 0 Å². The second kappa shape index (κ2) is 25.0. The van der Waals surface area contributed by atoms with Crippen molar-refractivity contribution in [2.75, 3.05) is 6.61 Å². The Morgan fingerprint density at radius 3 is 1.21 bits per heavy atom. The fourth-order valence-corrected chi connectivity index (χ4v) is 3.89. The Morgan fingerprint density at radius 2 is 0.897 bits per heavy atom. The van der Waals surface area contributed by atoms with Crippen LogP contribution in [0.1, 0.15) is 148 Å². The van der Waals surface area contributed by atoms with Crippen molar-refractivity contribution in [2.45, 2.75) is 148 Å². The van der Waals surface area contributed by atoms with Gasteiger partial charge in [0, 0.05) is 6.42 Å². The van der Waals surface area contributed by atoms with Crippen molar-refractivity contribution >= 4 is 5.97 Å². The van der Waals surface area contributed by atoms with E-state index < -0.39 is 0 Å². The zero-order valence-electron chi connectivity index (χ0n) is 19.5. The second-order valence-corrected chi connectivity index (χ2v) is 8.64. The maximum Gasteiger partial charge on any atom is 0.306 e. The molecule has 0 rings (SSSR count). The largest absolute Gasteiger partial charge is 0.450 e. The minimum Gasteiger partial charge on any atom is -0.450 e. The molecule has 0 N–H and O–H groups in total. The molecule has 170 valence electrons. The molecule has 0 radical (unpaired) electrons. The van der Waals surface area contributed by atoms with Gasteiger partial charge in [0.2, 0.25) is 0 Å². The average molecular weight is 408 g/mol. The number of nitrogens with zero attached hydrogens (tertiary/aromatic N) is 1. The minimum absolute atomic E-state index is 0.113. The van der Waals surface area contributed by atoms with Crippen LogP contribution in [0.4, 0.5) is 0 Å². The number of nitriles is 1. The van der Waals surface area contributed by atoms with E-state index >= 15 is 0 Å². The molecular weight excluding hydrogens is 358 g/mol. The van der Waals surface area contributed by atoms with Crippen molar-refractivity contribution < 1.29 is 9.53 Å². The second-order valence-electron chi connectivity index (χ2n) is 8.64. The number of esters is 1. The number of hydrogen-bond donors (Lipinski definition) is 0. The predicted octanol–water partition coefficient (Wildman–Crippen LogP) is 8.66. The monoisotopic (exact) mass is 407 g/mol. The fourth-order valence-electron chi connectivity index (χ4n) is 3.89. The summed E-state index contributed by atoms with van der Waals surface area (Å²) in [7, 11) is 0. The first-order valence-corrected chi connectivity index (χ1v) is 12.8. The van der Waals surface area contributed by atoms with Crippen LogP contribution in [0.25, 0.3) is 0 Å². The highest BCUT2D eigenvalue weighted by molar-refractivity contribution is 5.69. The van der Waals surface area contributed by atoms with Gasteiger partial charge in [-0.05, 0) is 6.42 Å². The minimum atomic E-state index is -0.232. The van der Waals surface area contributed by atoms with Gasteiger partial charge in [0.05, 0.1) is 0 Å². The van der Waals surface area contributed by atoms with Gasteiger partial charge >= 0.3 is 5.97 Å². The molecule has 29 heavy (non-hydrogen) atoms. The normalized spacial score (nSPS) is 10.8. The van der Waals surface area contributed by atoms with Gasteiger partial charge in [0.15, 0.2) is 6.61 Å². The Kier molecular flexibility index (Phi) is 24.1. The van der Waals surface area contributed by atoms with Crippen LogP contribution in [0.5, 0.6) is 0 Å². The van der Waals surface area contributed by atoms with Gasteiger partial charge in [-0.2, -0.15) is 5.26 Å². The maximum absolute atomic E-state index is 11.2. The van der Waals surface area contributed by atoms with E-state index in [1.165, 1.54) is 122 Å². The van der Waals surface area contributed by atoms with Gasteiger partial charge in [-0.1, -0.05) is 135 Å². The van der Waals surface area contributed by atoms with Crippen LogP contribution in [0, 0.1) is 11.3 Å². The molecule has 3 heteroatoms. The van der Waals surface area contributed by atoms with E-state index in [-0.39, 0.29) is 12.6 Å². The zero-order valence-corrected chi connectivity index (χ0v) is 19.5. The number of unbranched alkanes of at least 4 members (excludes halogenated alkanes) is 20. The third-order valence-corrected chi connectivity index (χ3v) is 5.78. The van der Waals surface area contributed by atoms with Crippen LogP contribution in [0.3, 0.4) is 0 Å². The summed E-state index contributed by atoms with van der Waals surface area (Å²) < 4.78 is 4.73. The molecule has 0 fully saturated rings. The molecule has 0 amide bonds. The van der Waals surface area contributed by atoms with Crippen LogP contribution in [0.15, 0.2) is 0 Å². The molecular formula is C26H49NO2. The summed E-state index contributed by atoms with van der Waals surface area (Å²) in [6, 6.07) is 1.82.